The van der Waals surface area contributed by atoms with Gasteiger partial charge in [0.05, 0.1) is 12.1 Å². The first-order valence-electron chi connectivity index (χ1n) is 6.85. The molecule has 0 aliphatic heterocycles. The van der Waals surface area contributed by atoms with Gasteiger partial charge in [-0.1, -0.05) is 31.9 Å². The van der Waals surface area contributed by atoms with Gasteiger partial charge in [-0.3, -0.25) is 0 Å². The lowest BCUT2D eigenvalue weighted by molar-refractivity contribution is 0.485. The van der Waals surface area contributed by atoms with E-state index in [4.69, 9.17) is 4.42 Å². The molecule has 0 amide bonds. The van der Waals surface area contributed by atoms with E-state index in [0.29, 0.717) is 17.9 Å². The SMILES string of the molecule is CCCCCNCc1ccc(-c2ccccc2F)o1.Cl. The van der Waals surface area contributed by atoms with Crippen LogP contribution in [0.15, 0.2) is 40.8 Å². The summed E-state index contributed by atoms with van der Waals surface area (Å²) in [6.07, 6.45) is 3.64. The van der Waals surface area contributed by atoms with Crippen LogP contribution in [0.5, 0.6) is 0 Å². The Bertz CT molecular complexity index is 513. The van der Waals surface area contributed by atoms with Crippen molar-refractivity contribution < 1.29 is 8.81 Å². The molecule has 0 saturated carbocycles. The van der Waals surface area contributed by atoms with Crippen molar-refractivity contribution in [3.8, 4) is 11.3 Å². The fourth-order valence-corrected chi connectivity index (χ4v) is 1.99. The van der Waals surface area contributed by atoms with Crippen LogP contribution in [0, 0.1) is 5.82 Å². The van der Waals surface area contributed by atoms with E-state index in [9.17, 15) is 4.39 Å². The highest BCUT2D eigenvalue weighted by Gasteiger charge is 2.08. The summed E-state index contributed by atoms with van der Waals surface area (Å²) >= 11 is 0. The smallest absolute Gasteiger partial charge is 0.137 e. The second-order valence-electron chi connectivity index (χ2n) is 4.63. The maximum absolute atomic E-state index is 13.6. The van der Waals surface area contributed by atoms with Crippen LogP contribution in [0.4, 0.5) is 4.39 Å². The minimum absolute atomic E-state index is 0. The van der Waals surface area contributed by atoms with Crippen molar-refractivity contribution in [2.45, 2.75) is 32.7 Å². The van der Waals surface area contributed by atoms with Crippen LogP contribution < -0.4 is 5.32 Å². The van der Waals surface area contributed by atoms with Gasteiger partial charge in [0, 0.05) is 0 Å². The molecule has 2 aromatic rings. The summed E-state index contributed by atoms with van der Waals surface area (Å²) in [6.45, 7) is 3.87. The van der Waals surface area contributed by atoms with Crippen LogP contribution in [0.1, 0.15) is 31.9 Å². The highest BCUT2D eigenvalue weighted by molar-refractivity contribution is 5.85. The number of hydrogen-bond acceptors (Lipinski definition) is 2. The third-order valence-electron chi connectivity index (χ3n) is 3.06. The summed E-state index contributed by atoms with van der Waals surface area (Å²) in [6, 6.07) is 10.4. The Labute approximate surface area is 125 Å². The molecule has 110 valence electrons. The van der Waals surface area contributed by atoms with Crippen LogP contribution in [0.2, 0.25) is 0 Å². The average molecular weight is 298 g/mol. The number of nitrogens with one attached hydrogen (secondary N) is 1. The van der Waals surface area contributed by atoms with Crippen molar-refractivity contribution >= 4 is 12.4 Å². The second kappa shape index (κ2) is 8.77. The molecule has 0 aliphatic carbocycles. The standard InChI is InChI=1S/C16H20FNO.ClH/c1-2-3-6-11-18-12-13-9-10-16(19-13)14-7-4-5-8-15(14)17;/h4-5,7-10,18H,2-3,6,11-12H2,1H3;1H. The molecule has 0 saturated heterocycles. The van der Waals surface area contributed by atoms with Crippen molar-refractivity contribution in [3.63, 3.8) is 0 Å². The van der Waals surface area contributed by atoms with Crippen LogP contribution in [-0.2, 0) is 6.54 Å². The maximum atomic E-state index is 13.6. The first kappa shape index (κ1) is 16.7. The Morgan fingerprint density at radius 1 is 1.10 bits per heavy atom. The lowest BCUT2D eigenvalue weighted by Gasteiger charge is -2.02. The molecule has 0 aliphatic rings. The summed E-state index contributed by atoms with van der Waals surface area (Å²) in [5, 5.41) is 3.33. The molecule has 20 heavy (non-hydrogen) atoms. The molecule has 0 atom stereocenters. The third-order valence-corrected chi connectivity index (χ3v) is 3.06. The Morgan fingerprint density at radius 3 is 2.65 bits per heavy atom. The fourth-order valence-electron chi connectivity index (χ4n) is 1.99. The number of benzene rings is 1. The number of hydrogen-bond donors (Lipinski definition) is 1. The van der Waals surface area contributed by atoms with E-state index in [-0.39, 0.29) is 18.2 Å². The second-order valence-corrected chi connectivity index (χ2v) is 4.63. The largest absolute Gasteiger partial charge is 0.460 e. The Balaban J connectivity index is 0.00000200. The number of unbranched alkanes of at least 4 members (excludes halogenated alkanes) is 2. The quantitative estimate of drug-likeness (QED) is 0.744. The molecule has 0 radical (unpaired) electrons. The van der Waals surface area contributed by atoms with Crippen molar-refractivity contribution in [1.82, 2.24) is 5.32 Å². The Hall–Kier alpha value is -1.32. The summed E-state index contributed by atoms with van der Waals surface area (Å²) in [5.74, 6) is 1.18. The zero-order valence-corrected chi connectivity index (χ0v) is 12.5. The zero-order chi connectivity index (χ0) is 13.5. The molecule has 2 rings (SSSR count). The van der Waals surface area contributed by atoms with Crippen LogP contribution in [0.3, 0.4) is 0 Å². The lowest BCUT2D eigenvalue weighted by Crippen LogP contribution is -2.13. The van der Waals surface area contributed by atoms with Gasteiger partial charge in [-0.2, -0.15) is 0 Å². The normalized spacial score (nSPS) is 10.3. The van der Waals surface area contributed by atoms with E-state index in [1.165, 1.54) is 25.3 Å². The van der Waals surface area contributed by atoms with E-state index in [0.717, 1.165) is 12.3 Å². The van der Waals surface area contributed by atoms with E-state index in [2.05, 4.69) is 12.2 Å². The van der Waals surface area contributed by atoms with E-state index in [1.54, 1.807) is 12.1 Å². The summed E-state index contributed by atoms with van der Waals surface area (Å²) in [4.78, 5) is 0. The van der Waals surface area contributed by atoms with E-state index in [1.807, 2.05) is 18.2 Å². The van der Waals surface area contributed by atoms with Crippen molar-refractivity contribution in [2.75, 3.05) is 6.54 Å². The van der Waals surface area contributed by atoms with Gasteiger partial charge >= 0.3 is 0 Å². The predicted molar refractivity (Wildman–Crippen MR) is 82.6 cm³/mol. The van der Waals surface area contributed by atoms with Gasteiger partial charge in [-0.05, 0) is 37.2 Å². The molecule has 4 heteroatoms. The van der Waals surface area contributed by atoms with E-state index >= 15 is 0 Å². The molecule has 1 N–H and O–H groups in total. The topological polar surface area (TPSA) is 25.2 Å². The van der Waals surface area contributed by atoms with Crippen molar-refractivity contribution in [2.24, 2.45) is 0 Å². The summed E-state index contributed by atoms with van der Waals surface area (Å²) < 4.78 is 19.3. The first-order valence-corrected chi connectivity index (χ1v) is 6.85. The van der Waals surface area contributed by atoms with Crippen LogP contribution in [0.25, 0.3) is 11.3 Å². The molecule has 1 aromatic carbocycles. The van der Waals surface area contributed by atoms with Gasteiger partial charge in [-0.15, -0.1) is 12.4 Å². The molecule has 1 aromatic heterocycles. The molecular weight excluding hydrogens is 277 g/mol. The fraction of sp³-hybridized carbons (Fsp3) is 0.375. The Kier molecular flexibility index (Phi) is 7.34. The number of halogens is 2. The molecule has 0 bridgehead atoms. The van der Waals surface area contributed by atoms with Gasteiger partial charge in [0.1, 0.15) is 17.3 Å². The molecule has 0 spiro atoms. The van der Waals surface area contributed by atoms with Crippen molar-refractivity contribution in [1.29, 1.82) is 0 Å². The van der Waals surface area contributed by atoms with Crippen LogP contribution in [-0.4, -0.2) is 6.54 Å². The highest BCUT2D eigenvalue weighted by Crippen LogP contribution is 2.24. The number of furan rings is 1. The maximum Gasteiger partial charge on any atom is 0.137 e. The van der Waals surface area contributed by atoms with Gasteiger partial charge in [-0.25, -0.2) is 4.39 Å². The Morgan fingerprint density at radius 2 is 1.90 bits per heavy atom. The summed E-state index contributed by atoms with van der Waals surface area (Å²) in [7, 11) is 0. The van der Waals surface area contributed by atoms with Gasteiger partial charge < -0.3 is 9.73 Å². The van der Waals surface area contributed by atoms with Gasteiger partial charge in [0.2, 0.25) is 0 Å². The minimum Gasteiger partial charge on any atom is -0.460 e. The first-order chi connectivity index (χ1) is 9.31. The van der Waals surface area contributed by atoms with Crippen molar-refractivity contribution in [3.05, 3.63) is 48.0 Å². The molecule has 2 nitrogen and oxygen atoms in total. The van der Waals surface area contributed by atoms with Crippen LogP contribution >= 0.6 is 12.4 Å². The molecular formula is C16H21ClFNO. The predicted octanol–water partition coefficient (Wildman–Crippen LogP) is 4.79. The zero-order valence-electron chi connectivity index (χ0n) is 11.7. The van der Waals surface area contributed by atoms with Gasteiger partial charge in [0.25, 0.3) is 0 Å². The molecule has 1 heterocycles. The molecule has 0 fully saturated rings. The lowest BCUT2D eigenvalue weighted by atomic mass is 10.1. The average Bonchev–Trinajstić information content (AvgIpc) is 2.88. The third kappa shape index (κ3) is 4.66. The minimum atomic E-state index is -0.251. The number of rotatable bonds is 7. The van der Waals surface area contributed by atoms with E-state index < -0.39 is 0 Å². The summed E-state index contributed by atoms with van der Waals surface area (Å²) in [5.41, 5.74) is 0.514. The monoisotopic (exact) mass is 297 g/mol. The molecule has 0 unspecified atom stereocenters. The van der Waals surface area contributed by atoms with Gasteiger partial charge in [0.15, 0.2) is 0 Å². The highest BCUT2D eigenvalue weighted by atomic mass is 35.5.